The molecule has 1 aliphatic rings. The third kappa shape index (κ3) is 2.27. The summed E-state index contributed by atoms with van der Waals surface area (Å²) in [5, 5.41) is 23.1. The first-order chi connectivity index (χ1) is 9.15. The largest absolute Gasteiger partial charge is 0.504 e. The number of hydrogen-bond acceptors (Lipinski definition) is 3. The van der Waals surface area contributed by atoms with Gasteiger partial charge in [0.1, 0.15) is 0 Å². The molecule has 1 heterocycles. The lowest BCUT2D eigenvalue weighted by atomic mass is 9.85. The number of nitrogens with one attached hydrogen (secondary N) is 1. The van der Waals surface area contributed by atoms with Crippen LogP contribution in [0.15, 0.2) is 36.4 Å². The highest BCUT2D eigenvalue weighted by molar-refractivity contribution is 6.30. The topological polar surface area (TPSA) is 52.5 Å². The maximum atomic E-state index is 9.63. The second-order valence-electron chi connectivity index (χ2n) is 4.77. The summed E-state index contributed by atoms with van der Waals surface area (Å²) in [5.41, 5.74) is 3.37. The summed E-state index contributed by atoms with van der Waals surface area (Å²) in [6, 6.07) is 10.9. The summed E-state index contributed by atoms with van der Waals surface area (Å²) < 4.78 is 0. The lowest BCUT2D eigenvalue weighted by molar-refractivity contribution is 0.402. The van der Waals surface area contributed by atoms with Crippen molar-refractivity contribution in [2.45, 2.75) is 12.5 Å². The van der Waals surface area contributed by atoms with Gasteiger partial charge in [-0.25, -0.2) is 0 Å². The third-order valence-corrected chi connectivity index (χ3v) is 3.78. The fourth-order valence-electron chi connectivity index (χ4n) is 2.58. The normalized spacial score (nSPS) is 18.1. The lowest BCUT2D eigenvalue weighted by Gasteiger charge is -2.27. The molecule has 2 aromatic carbocycles. The fourth-order valence-corrected chi connectivity index (χ4v) is 2.78. The summed E-state index contributed by atoms with van der Waals surface area (Å²) in [4.78, 5) is 0. The molecule has 0 fully saturated rings. The van der Waals surface area contributed by atoms with Gasteiger partial charge in [-0.15, -0.1) is 0 Å². The van der Waals surface area contributed by atoms with Crippen LogP contribution in [0, 0.1) is 0 Å². The highest BCUT2D eigenvalue weighted by Crippen LogP contribution is 2.35. The van der Waals surface area contributed by atoms with E-state index in [0.717, 1.165) is 23.7 Å². The predicted octanol–water partition coefficient (Wildman–Crippen LogP) is 2.99. The first kappa shape index (κ1) is 12.3. The molecule has 0 spiro atoms. The van der Waals surface area contributed by atoms with Crippen molar-refractivity contribution in [3.05, 3.63) is 58.1 Å². The van der Waals surface area contributed by atoms with Gasteiger partial charge in [0.25, 0.3) is 0 Å². The quantitative estimate of drug-likeness (QED) is 0.702. The molecule has 1 atom stereocenters. The van der Waals surface area contributed by atoms with E-state index in [1.165, 1.54) is 17.2 Å². The van der Waals surface area contributed by atoms with E-state index >= 15 is 0 Å². The number of aromatic hydroxyl groups is 2. The Bertz CT molecular complexity index is 628. The van der Waals surface area contributed by atoms with E-state index in [0.29, 0.717) is 0 Å². The molecule has 0 radical (unpaired) electrons. The molecule has 0 amide bonds. The van der Waals surface area contributed by atoms with Crippen molar-refractivity contribution in [1.29, 1.82) is 0 Å². The SMILES string of the molecule is Oc1ccc(C2CNCc3cc(Cl)ccc32)cc1O. The molecule has 0 saturated carbocycles. The Labute approximate surface area is 116 Å². The molecule has 0 saturated heterocycles. The van der Waals surface area contributed by atoms with Crippen LogP contribution in [0.3, 0.4) is 0 Å². The van der Waals surface area contributed by atoms with Crippen LogP contribution in [-0.4, -0.2) is 16.8 Å². The van der Waals surface area contributed by atoms with E-state index in [2.05, 4.69) is 5.32 Å². The maximum absolute atomic E-state index is 9.63. The third-order valence-electron chi connectivity index (χ3n) is 3.55. The Morgan fingerprint density at radius 2 is 1.89 bits per heavy atom. The van der Waals surface area contributed by atoms with Crippen molar-refractivity contribution in [2.75, 3.05) is 6.54 Å². The van der Waals surface area contributed by atoms with Crippen LogP contribution in [-0.2, 0) is 6.54 Å². The van der Waals surface area contributed by atoms with Crippen molar-refractivity contribution in [3.8, 4) is 11.5 Å². The number of benzene rings is 2. The number of rotatable bonds is 1. The number of phenols is 2. The Hall–Kier alpha value is -1.71. The van der Waals surface area contributed by atoms with Crippen molar-refractivity contribution >= 4 is 11.6 Å². The molecule has 0 aromatic heterocycles. The molecule has 3 N–H and O–H groups in total. The van der Waals surface area contributed by atoms with Crippen LogP contribution >= 0.6 is 11.6 Å². The van der Waals surface area contributed by atoms with Crippen LogP contribution in [0.2, 0.25) is 5.02 Å². The van der Waals surface area contributed by atoms with E-state index in [-0.39, 0.29) is 17.4 Å². The van der Waals surface area contributed by atoms with Crippen molar-refractivity contribution in [1.82, 2.24) is 5.32 Å². The van der Waals surface area contributed by atoms with Gasteiger partial charge in [0.15, 0.2) is 11.5 Å². The maximum Gasteiger partial charge on any atom is 0.157 e. The van der Waals surface area contributed by atoms with Gasteiger partial charge >= 0.3 is 0 Å². The average Bonchev–Trinajstić information content (AvgIpc) is 2.41. The minimum Gasteiger partial charge on any atom is -0.504 e. The highest BCUT2D eigenvalue weighted by Gasteiger charge is 2.22. The minimum absolute atomic E-state index is 0.0846. The van der Waals surface area contributed by atoms with Gasteiger partial charge < -0.3 is 15.5 Å². The minimum atomic E-state index is -0.0937. The Kier molecular flexibility index (Phi) is 3.09. The molecule has 19 heavy (non-hydrogen) atoms. The zero-order chi connectivity index (χ0) is 13.4. The van der Waals surface area contributed by atoms with Gasteiger partial charge in [0.2, 0.25) is 0 Å². The van der Waals surface area contributed by atoms with Gasteiger partial charge in [-0.3, -0.25) is 0 Å². The van der Waals surface area contributed by atoms with Gasteiger partial charge in [0.05, 0.1) is 0 Å². The van der Waals surface area contributed by atoms with Gasteiger partial charge in [-0.2, -0.15) is 0 Å². The summed E-state index contributed by atoms with van der Waals surface area (Å²) in [6.07, 6.45) is 0. The zero-order valence-corrected chi connectivity index (χ0v) is 11.0. The van der Waals surface area contributed by atoms with E-state index in [9.17, 15) is 10.2 Å². The first-order valence-corrected chi connectivity index (χ1v) is 6.54. The summed E-state index contributed by atoms with van der Waals surface area (Å²) in [5.74, 6) is -0.0186. The van der Waals surface area contributed by atoms with Crippen LogP contribution in [0.1, 0.15) is 22.6 Å². The van der Waals surface area contributed by atoms with Crippen LogP contribution < -0.4 is 5.32 Å². The second kappa shape index (κ2) is 4.76. The second-order valence-corrected chi connectivity index (χ2v) is 5.21. The Balaban J connectivity index is 2.05. The zero-order valence-electron chi connectivity index (χ0n) is 10.2. The Morgan fingerprint density at radius 3 is 2.68 bits per heavy atom. The van der Waals surface area contributed by atoms with Crippen LogP contribution in [0.5, 0.6) is 11.5 Å². The van der Waals surface area contributed by atoms with E-state index in [1.807, 2.05) is 24.3 Å². The molecule has 1 aliphatic heterocycles. The number of hydrogen-bond donors (Lipinski definition) is 3. The lowest BCUT2D eigenvalue weighted by Crippen LogP contribution is -2.28. The standard InChI is InChI=1S/C15H14ClNO2/c16-11-2-3-12-10(5-11)7-17-8-13(12)9-1-4-14(18)15(19)6-9/h1-6,13,17-19H,7-8H2. The van der Waals surface area contributed by atoms with Crippen LogP contribution in [0.25, 0.3) is 0 Å². The van der Waals surface area contributed by atoms with Crippen molar-refractivity contribution in [2.24, 2.45) is 0 Å². The summed E-state index contributed by atoms with van der Waals surface area (Å²) in [6.45, 7) is 1.61. The molecule has 2 aromatic rings. The molecular formula is C15H14ClNO2. The predicted molar refractivity (Wildman–Crippen MR) is 74.8 cm³/mol. The van der Waals surface area contributed by atoms with E-state index in [1.54, 1.807) is 6.07 Å². The molecule has 0 bridgehead atoms. The molecule has 98 valence electrons. The van der Waals surface area contributed by atoms with Gasteiger partial charge in [-0.1, -0.05) is 23.7 Å². The average molecular weight is 276 g/mol. The van der Waals surface area contributed by atoms with Gasteiger partial charge in [-0.05, 0) is 41.0 Å². The first-order valence-electron chi connectivity index (χ1n) is 6.16. The van der Waals surface area contributed by atoms with Gasteiger partial charge in [0, 0.05) is 24.0 Å². The molecule has 3 rings (SSSR count). The van der Waals surface area contributed by atoms with Crippen molar-refractivity contribution < 1.29 is 10.2 Å². The molecular weight excluding hydrogens is 262 g/mol. The van der Waals surface area contributed by atoms with E-state index < -0.39 is 0 Å². The molecule has 3 nitrogen and oxygen atoms in total. The van der Waals surface area contributed by atoms with E-state index in [4.69, 9.17) is 11.6 Å². The molecule has 4 heteroatoms. The molecule has 0 aliphatic carbocycles. The smallest absolute Gasteiger partial charge is 0.157 e. The fraction of sp³-hybridized carbons (Fsp3) is 0.200. The summed E-state index contributed by atoms with van der Waals surface area (Å²) in [7, 11) is 0. The van der Waals surface area contributed by atoms with Crippen LogP contribution in [0.4, 0.5) is 0 Å². The number of halogens is 1. The number of phenolic OH excluding ortho intramolecular Hbond substituents is 2. The Morgan fingerprint density at radius 1 is 1.05 bits per heavy atom. The van der Waals surface area contributed by atoms with Crippen molar-refractivity contribution in [3.63, 3.8) is 0 Å². The monoisotopic (exact) mass is 275 g/mol. The summed E-state index contributed by atoms with van der Waals surface area (Å²) >= 11 is 6.02. The number of fused-ring (bicyclic) bond motifs is 1. The molecule has 1 unspecified atom stereocenters. The highest BCUT2D eigenvalue weighted by atomic mass is 35.5.